The van der Waals surface area contributed by atoms with Crippen LogP contribution < -0.4 is 5.32 Å². The minimum absolute atomic E-state index is 0.137. The predicted molar refractivity (Wildman–Crippen MR) is 127 cm³/mol. The third-order valence-electron chi connectivity index (χ3n) is 6.32. The number of nitrogens with one attached hydrogen (secondary N) is 1. The Balaban J connectivity index is 1.60. The van der Waals surface area contributed by atoms with Crippen molar-refractivity contribution in [2.24, 2.45) is 11.3 Å². The first-order valence-electron chi connectivity index (χ1n) is 11.2. The SMILES string of the molecule is Cc1cccc(NC(=O)COC(=O)c2c3c(nc4ccccc24)CCC(C(C)(C)C)C3)c1. The quantitative estimate of drug-likeness (QED) is 0.556. The Kier molecular flexibility index (Phi) is 6.00. The van der Waals surface area contributed by atoms with E-state index in [-0.39, 0.29) is 17.9 Å². The minimum atomic E-state index is -0.464. The number of amides is 1. The first kappa shape index (κ1) is 22.0. The molecule has 1 amide bonds. The molecule has 1 atom stereocenters. The molecule has 0 bridgehead atoms. The molecule has 3 aromatic rings. The summed E-state index contributed by atoms with van der Waals surface area (Å²) in [6, 6.07) is 15.2. The van der Waals surface area contributed by atoms with E-state index in [1.165, 1.54) is 0 Å². The molecule has 0 saturated carbocycles. The maximum atomic E-state index is 13.3. The fraction of sp³-hybridized carbons (Fsp3) is 0.370. The molecule has 1 N–H and O–H groups in total. The zero-order valence-corrected chi connectivity index (χ0v) is 19.2. The molecule has 0 spiro atoms. The van der Waals surface area contributed by atoms with E-state index in [9.17, 15) is 9.59 Å². The van der Waals surface area contributed by atoms with Gasteiger partial charge in [0.25, 0.3) is 5.91 Å². The van der Waals surface area contributed by atoms with Gasteiger partial charge in [0, 0.05) is 16.8 Å². The lowest BCUT2D eigenvalue weighted by Gasteiger charge is -2.35. The van der Waals surface area contributed by atoms with Crippen molar-refractivity contribution in [1.29, 1.82) is 0 Å². The summed E-state index contributed by atoms with van der Waals surface area (Å²) >= 11 is 0. The van der Waals surface area contributed by atoms with Gasteiger partial charge in [-0.2, -0.15) is 0 Å². The van der Waals surface area contributed by atoms with Gasteiger partial charge in [-0.1, -0.05) is 51.1 Å². The van der Waals surface area contributed by atoms with Crippen LogP contribution in [0.3, 0.4) is 0 Å². The van der Waals surface area contributed by atoms with Crippen LogP contribution in [0.5, 0.6) is 0 Å². The Morgan fingerprint density at radius 2 is 1.91 bits per heavy atom. The molecule has 32 heavy (non-hydrogen) atoms. The van der Waals surface area contributed by atoms with Gasteiger partial charge in [0.15, 0.2) is 6.61 Å². The molecule has 2 aromatic carbocycles. The standard InChI is InChI=1S/C27H30N2O3/c1-17-8-7-9-19(14-17)28-24(30)16-32-26(31)25-20-10-5-6-11-22(20)29-23-13-12-18(15-21(23)25)27(2,3)4/h5-11,14,18H,12-13,15-16H2,1-4H3,(H,28,30). The predicted octanol–water partition coefficient (Wildman–Crippen LogP) is 5.49. The van der Waals surface area contributed by atoms with Gasteiger partial charge in [0.05, 0.1) is 11.1 Å². The molecule has 1 aliphatic carbocycles. The second kappa shape index (κ2) is 8.73. The lowest BCUT2D eigenvalue weighted by atomic mass is 9.70. The van der Waals surface area contributed by atoms with E-state index in [2.05, 4.69) is 26.1 Å². The summed E-state index contributed by atoms with van der Waals surface area (Å²) in [6.45, 7) is 8.35. The Labute approximate surface area is 189 Å². The summed E-state index contributed by atoms with van der Waals surface area (Å²) in [5, 5.41) is 3.57. The van der Waals surface area contributed by atoms with Gasteiger partial charge in [-0.05, 0) is 66.8 Å². The summed E-state index contributed by atoms with van der Waals surface area (Å²) < 4.78 is 5.51. The first-order chi connectivity index (χ1) is 15.2. The number of ether oxygens (including phenoxy) is 1. The van der Waals surface area contributed by atoms with Gasteiger partial charge in [-0.15, -0.1) is 0 Å². The number of nitrogens with zero attached hydrogens (tertiary/aromatic N) is 1. The van der Waals surface area contributed by atoms with Crippen LogP contribution in [-0.4, -0.2) is 23.5 Å². The average molecular weight is 431 g/mol. The Morgan fingerprint density at radius 3 is 2.66 bits per heavy atom. The third-order valence-corrected chi connectivity index (χ3v) is 6.32. The van der Waals surface area contributed by atoms with E-state index < -0.39 is 5.97 Å². The Morgan fingerprint density at radius 1 is 1.12 bits per heavy atom. The van der Waals surface area contributed by atoms with Crippen molar-refractivity contribution in [2.75, 3.05) is 11.9 Å². The van der Waals surface area contributed by atoms with Crippen molar-refractivity contribution < 1.29 is 14.3 Å². The maximum Gasteiger partial charge on any atom is 0.339 e. The highest BCUT2D eigenvalue weighted by atomic mass is 16.5. The maximum absolute atomic E-state index is 13.3. The molecule has 5 nitrogen and oxygen atoms in total. The lowest BCUT2D eigenvalue weighted by molar-refractivity contribution is -0.119. The lowest BCUT2D eigenvalue weighted by Crippen LogP contribution is -2.29. The van der Waals surface area contributed by atoms with E-state index >= 15 is 0 Å². The number of carbonyl (C=O) groups excluding carboxylic acids is 2. The Bertz CT molecular complexity index is 1180. The molecular weight excluding hydrogens is 400 g/mol. The molecule has 5 heteroatoms. The van der Waals surface area contributed by atoms with Crippen molar-refractivity contribution in [1.82, 2.24) is 4.98 Å². The molecule has 0 fully saturated rings. The second-order valence-corrected chi connectivity index (χ2v) is 9.73. The molecule has 0 saturated heterocycles. The van der Waals surface area contributed by atoms with Crippen molar-refractivity contribution in [3.8, 4) is 0 Å². The largest absolute Gasteiger partial charge is 0.452 e. The van der Waals surface area contributed by atoms with Crippen molar-refractivity contribution in [3.63, 3.8) is 0 Å². The van der Waals surface area contributed by atoms with Gasteiger partial charge < -0.3 is 10.1 Å². The van der Waals surface area contributed by atoms with Crippen LogP contribution in [0.4, 0.5) is 5.69 Å². The van der Waals surface area contributed by atoms with Crippen LogP contribution in [0, 0.1) is 18.3 Å². The van der Waals surface area contributed by atoms with E-state index in [1.807, 2.05) is 55.5 Å². The number of para-hydroxylation sites is 1. The van der Waals surface area contributed by atoms with Crippen molar-refractivity contribution in [2.45, 2.75) is 47.0 Å². The highest BCUT2D eigenvalue weighted by Crippen LogP contribution is 2.39. The molecule has 0 radical (unpaired) electrons. The van der Waals surface area contributed by atoms with Crippen LogP contribution in [-0.2, 0) is 22.4 Å². The van der Waals surface area contributed by atoms with Crippen LogP contribution in [0.25, 0.3) is 10.9 Å². The monoisotopic (exact) mass is 430 g/mol. The molecule has 1 aliphatic rings. The van der Waals surface area contributed by atoms with Crippen LogP contribution >= 0.6 is 0 Å². The van der Waals surface area contributed by atoms with E-state index in [4.69, 9.17) is 9.72 Å². The number of hydrogen-bond donors (Lipinski definition) is 1. The van der Waals surface area contributed by atoms with E-state index in [0.29, 0.717) is 17.2 Å². The van der Waals surface area contributed by atoms with Crippen LogP contribution in [0.1, 0.15) is 54.4 Å². The zero-order chi connectivity index (χ0) is 22.9. The topological polar surface area (TPSA) is 68.3 Å². The summed E-state index contributed by atoms with van der Waals surface area (Å²) in [6.07, 6.45) is 2.68. The van der Waals surface area contributed by atoms with Gasteiger partial charge in [0.1, 0.15) is 0 Å². The third kappa shape index (κ3) is 4.67. The van der Waals surface area contributed by atoms with Crippen LogP contribution in [0.15, 0.2) is 48.5 Å². The molecular formula is C27H30N2O3. The fourth-order valence-electron chi connectivity index (χ4n) is 4.48. The van der Waals surface area contributed by atoms with Gasteiger partial charge in [-0.25, -0.2) is 4.79 Å². The highest BCUT2D eigenvalue weighted by Gasteiger charge is 2.33. The zero-order valence-electron chi connectivity index (χ0n) is 19.2. The molecule has 0 aliphatic heterocycles. The molecule has 1 heterocycles. The highest BCUT2D eigenvalue weighted by molar-refractivity contribution is 6.06. The molecule has 166 valence electrons. The Hall–Kier alpha value is -3.21. The molecule has 1 aromatic heterocycles. The number of esters is 1. The summed E-state index contributed by atoms with van der Waals surface area (Å²) in [5.41, 5.74) is 5.16. The number of anilines is 1. The van der Waals surface area contributed by atoms with Gasteiger partial charge in [0.2, 0.25) is 0 Å². The van der Waals surface area contributed by atoms with Crippen molar-refractivity contribution >= 4 is 28.5 Å². The number of carbonyl (C=O) groups is 2. The number of rotatable bonds is 4. The minimum Gasteiger partial charge on any atom is -0.452 e. The number of aryl methyl sites for hydroxylation is 2. The number of benzene rings is 2. The van der Waals surface area contributed by atoms with E-state index in [1.54, 1.807) is 0 Å². The summed E-state index contributed by atoms with van der Waals surface area (Å²) in [5.74, 6) is -0.369. The number of pyridine rings is 1. The summed E-state index contributed by atoms with van der Waals surface area (Å²) in [4.78, 5) is 30.5. The smallest absolute Gasteiger partial charge is 0.339 e. The van der Waals surface area contributed by atoms with Gasteiger partial charge >= 0.3 is 5.97 Å². The molecule has 1 unspecified atom stereocenters. The second-order valence-electron chi connectivity index (χ2n) is 9.73. The van der Waals surface area contributed by atoms with Crippen molar-refractivity contribution in [3.05, 3.63) is 70.9 Å². The number of fused-ring (bicyclic) bond motifs is 2. The fourth-order valence-corrected chi connectivity index (χ4v) is 4.48. The van der Waals surface area contributed by atoms with Gasteiger partial charge in [-0.3, -0.25) is 9.78 Å². The van der Waals surface area contributed by atoms with Crippen LogP contribution in [0.2, 0.25) is 0 Å². The first-order valence-corrected chi connectivity index (χ1v) is 11.2. The normalized spacial score (nSPS) is 15.8. The average Bonchev–Trinajstić information content (AvgIpc) is 2.74. The van der Waals surface area contributed by atoms with E-state index in [0.717, 1.165) is 47.0 Å². The number of hydrogen-bond acceptors (Lipinski definition) is 4. The summed E-state index contributed by atoms with van der Waals surface area (Å²) in [7, 11) is 0. The molecule has 4 rings (SSSR count). The number of aromatic nitrogens is 1.